The summed E-state index contributed by atoms with van der Waals surface area (Å²) in [4.78, 5) is 18.9. The van der Waals surface area contributed by atoms with Crippen LogP contribution in [0.25, 0.3) is 0 Å². The van der Waals surface area contributed by atoms with Gasteiger partial charge in [0, 0.05) is 6.07 Å². The number of aromatic amines is 1. The van der Waals surface area contributed by atoms with Crippen molar-refractivity contribution < 1.29 is 9.47 Å². The van der Waals surface area contributed by atoms with Gasteiger partial charge in [-0.15, -0.1) is 0 Å². The van der Waals surface area contributed by atoms with Crippen LogP contribution >= 0.6 is 0 Å². The summed E-state index contributed by atoms with van der Waals surface area (Å²) >= 11 is 0. The number of nitrogens with one attached hydrogen (secondary N) is 1. The van der Waals surface area contributed by atoms with Gasteiger partial charge >= 0.3 is 0 Å². The zero-order chi connectivity index (χ0) is 14.1. The minimum Gasteiger partial charge on any atom is -0.485 e. The highest BCUT2D eigenvalue weighted by Gasteiger charge is 2.24. The molecular formula is C15H16N2O3. The molecule has 1 unspecified atom stereocenters. The molecule has 0 amide bonds. The third-order valence-electron chi connectivity index (χ3n) is 3.18. The van der Waals surface area contributed by atoms with Crippen molar-refractivity contribution >= 4 is 0 Å². The van der Waals surface area contributed by atoms with Crippen molar-refractivity contribution in [1.29, 1.82) is 0 Å². The molecule has 0 bridgehead atoms. The van der Waals surface area contributed by atoms with Crippen LogP contribution in [0, 0.1) is 0 Å². The molecular weight excluding hydrogens is 256 g/mol. The Morgan fingerprint density at radius 1 is 1.30 bits per heavy atom. The molecule has 0 saturated carbocycles. The van der Waals surface area contributed by atoms with Gasteiger partial charge in [-0.25, -0.2) is 4.98 Å². The van der Waals surface area contributed by atoms with Gasteiger partial charge in [0.05, 0.1) is 5.69 Å². The largest absolute Gasteiger partial charge is 0.485 e. The molecule has 1 aromatic carbocycles. The van der Waals surface area contributed by atoms with Crippen LogP contribution in [0.3, 0.4) is 0 Å². The van der Waals surface area contributed by atoms with Gasteiger partial charge in [-0.2, -0.15) is 0 Å². The van der Waals surface area contributed by atoms with Gasteiger partial charge in [0.15, 0.2) is 23.4 Å². The van der Waals surface area contributed by atoms with E-state index in [4.69, 9.17) is 9.47 Å². The lowest BCUT2D eigenvalue weighted by atomic mass is 10.1. The van der Waals surface area contributed by atoms with E-state index in [0.29, 0.717) is 23.9 Å². The molecule has 104 valence electrons. The Morgan fingerprint density at radius 2 is 2.05 bits per heavy atom. The van der Waals surface area contributed by atoms with Crippen molar-refractivity contribution in [2.24, 2.45) is 0 Å². The Balaban J connectivity index is 1.93. The fourth-order valence-corrected chi connectivity index (χ4v) is 2.10. The van der Waals surface area contributed by atoms with Gasteiger partial charge in [-0.3, -0.25) is 4.79 Å². The van der Waals surface area contributed by atoms with Crippen molar-refractivity contribution in [2.75, 3.05) is 6.61 Å². The molecule has 0 spiro atoms. The summed E-state index contributed by atoms with van der Waals surface area (Å²) in [5.74, 6) is 2.08. The summed E-state index contributed by atoms with van der Waals surface area (Å²) in [6, 6.07) is 8.98. The molecule has 5 nitrogen and oxygen atoms in total. The summed E-state index contributed by atoms with van der Waals surface area (Å²) < 4.78 is 11.5. The number of benzene rings is 1. The highest BCUT2D eigenvalue weighted by molar-refractivity contribution is 5.41. The molecule has 1 aliphatic rings. The Labute approximate surface area is 116 Å². The molecule has 0 aliphatic carbocycles. The number of hydrogen-bond donors (Lipinski definition) is 1. The highest BCUT2D eigenvalue weighted by Crippen LogP contribution is 2.34. The fourth-order valence-electron chi connectivity index (χ4n) is 2.10. The third-order valence-corrected chi connectivity index (χ3v) is 3.18. The molecule has 1 aromatic heterocycles. The molecule has 0 fully saturated rings. The van der Waals surface area contributed by atoms with Crippen molar-refractivity contribution in [2.45, 2.75) is 25.9 Å². The van der Waals surface area contributed by atoms with Gasteiger partial charge < -0.3 is 14.5 Å². The minimum atomic E-state index is -0.392. The molecule has 1 atom stereocenters. The van der Waals surface area contributed by atoms with Crippen molar-refractivity contribution in [3.8, 4) is 11.5 Å². The van der Waals surface area contributed by atoms with Crippen LogP contribution in [-0.4, -0.2) is 16.6 Å². The summed E-state index contributed by atoms with van der Waals surface area (Å²) in [5.41, 5.74) is 0.590. The van der Waals surface area contributed by atoms with Crippen LogP contribution in [0.15, 0.2) is 35.1 Å². The van der Waals surface area contributed by atoms with Crippen LogP contribution < -0.4 is 15.0 Å². The van der Waals surface area contributed by atoms with Crippen LogP contribution in [0.4, 0.5) is 0 Å². The second kappa shape index (κ2) is 5.00. The molecule has 5 heteroatoms. The summed E-state index contributed by atoms with van der Waals surface area (Å²) in [7, 11) is 0. The molecule has 20 heavy (non-hydrogen) atoms. The zero-order valence-electron chi connectivity index (χ0n) is 11.4. The van der Waals surface area contributed by atoms with Crippen molar-refractivity contribution in [1.82, 2.24) is 9.97 Å². The van der Waals surface area contributed by atoms with Crippen molar-refractivity contribution in [3.63, 3.8) is 0 Å². The molecule has 0 saturated heterocycles. The number of H-pyrrole nitrogens is 1. The predicted molar refractivity (Wildman–Crippen MR) is 74.3 cm³/mol. The van der Waals surface area contributed by atoms with E-state index in [2.05, 4.69) is 9.97 Å². The summed E-state index contributed by atoms with van der Waals surface area (Å²) in [6.07, 6.45) is -0.392. The SMILES string of the molecule is CC(C)c1cc(=O)[nH]c(C2COc3ccccc3O2)n1. The van der Waals surface area contributed by atoms with E-state index in [1.165, 1.54) is 6.07 Å². The summed E-state index contributed by atoms with van der Waals surface area (Å²) in [6.45, 7) is 4.33. The number of ether oxygens (including phenoxy) is 2. The third kappa shape index (κ3) is 2.39. The number of nitrogens with zero attached hydrogens (tertiary/aromatic N) is 1. The average Bonchev–Trinajstić information content (AvgIpc) is 2.46. The monoisotopic (exact) mass is 272 g/mol. The maximum absolute atomic E-state index is 11.7. The first-order valence-corrected chi connectivity index (χ1v) is 6.63. The van der Waals surface area contributed by atoms with Gasteiger partial charge in [0.25, 0.3) is 5.56 Å². The maximum atomic E-state index is 11.7. The van der Waals surface area contributed by atoms with Crippen molar-refractivity contribution in [3.05, 3.63) is 52.2 Å². The smallest absolute Gasteiger partial charge is 0.251 e. The first-order valence-electron chi connectivity index (χ1n) is 6.63. The number of para-hydroxylation sites is 2. The topological polar surface area (TPSA) is 64.2 Å². The highest BCUT2D eigenvalue weighted by atomic mass is 16.6. The standard InChI is InChI=1S/C15H16N2O3/c1-9(2)10-7-14(18)17-15(16-10)13-8-19-11-5-3-4-6-12(11)20-13/h3-7,9,13H,8H2,1-2H3,(H,16,17,18). The predicted octanol–water partition coefficient (Wildman–Crippen LogP) is 2.41. The molecule has 3 rings (SSSR count). The lowest BCUT2D eigenvalue weighted by Gasteiger charge is -2.25. The first-order chi connectivity index (χ1) is 9.63. The van der Waals surface area contributed by atoms with E-state index in [1.807, 2.05) is 38.1 Å². The lowest BCUT2D eigenvalue weighted by molar-refractivity contribution is 0.0846. The molecule has 2 heterocycles. The Morgan fingerprint density at radius 3 is 2.80 bits per heavy atom. The average molecular weight is 272 g/mol. The normalized spacial score (nSPS) is 17.2. The van der Waals surface area contributed by atoms with E-state index < -0.39 is 6.10 Å². The quantitative estimate of drug-likeness (QED) is 0.911. The van der Waals surface area contributed by atoms with E-state index in [9.17, 15) is 4.79 Å². The minimum absolute atomic E-state index is 0.166. The summed E-state index contributed by atoms with van der Waals surface area (Å²) in [5, 5.41) is 0. The van der Waals surface area contributed by atoms with Gasteiger partial charge in [0.1, 0.15) is 6.61 Å². The fraction of sp³-hybridized carbons (Fsp3) is 0.333. The van der Waals surface area contributed by atoms with Gasteiger partial charge in [-0.1, -0.05) is 26.0 Å². The molecule has 1 N–H and O–H groups in total. The second-order valence-electron chi connectivity index (χ2n) is 5.07. The van der Waals surface area contributed by atoms with Crippen LogP contribution in [0.2, 0.25) is 0 Å². The van der Waals surface area contributed by atoms with Crippen LogP contribution in [0.5, 0.6) is 11.5 Å². The first kappa shape index (κ1) is 12.7. The number of fused-ring (bicyclic) bond motifs is 1. The zero-order valence-corrected chi connectivity index (χ0v) is 11.4. The Bertz CT molecular complexity index is 679. The van der Waals surface area contributed by atoms with E-state index >= 15 is 0 Å². The lowest BCUT2D eigenvalue weighted by Crippen LogP contribution is -2.26. The maximum Gasteiger partial charge on any atom is 0.251 e. The number of aromatic nitrogens is 2. The molecule has 1 aliphatic heterocycles. The van der Waals surface area contributed by atoms with Gasteiger partial charge in [-0.05, 0) is 18.1 Å². The van der Waals surface area contributed by atoms with Crippen LogP contribution in [0.1, 0.15) is 37.4 Å². The number of hydrogen-bond acceptors (Lipinski definition) is 4. The van der Waals surface area contributed by atoms with Gasteiger partial charge in [0.2, 0.25) is 0 Å². The molecule has 0 radical (unpaired) electrons. The number of rotatable bonds is 2. The van der Waals surface area contributed by atoms with E-state index in [-0.39, 0.29) is 11.5 Å². The van der Waals surface area contributed by atoms with E-state index in [1.54, 1.807) is 0 Å². The second-order valence-corrected chi connectivity index (χ2v) is 5.07. The van der Waals surface area contributed by atoms with E-state index in [0.717, 1.165) is 5.69 Å². The Kier molecular flexibility index (Phi) is 3.18. The Hall–Kier alpha value is -2.30. The van der Waals surface area contributed by atoms with Crippen LogP contribution in [-0.2, 0) is 0 Å². The molecule has 2 aromatic rings.